The fourth-order valence-corrected chi connectivity index (χ4v) is 1.98. The summed E-state index contributed by atoms with van der Waals surface area (Å²) in [5, 5.41) is 0.706. The predicted molar refractivity (Wildman–Crippen MR) is 64.0 cm³/mol. The van der Waals surface area contributed by atoms with Crippen LogP contribution in [0.3, 0.4) is 0 Å². The Labute approximate surface area is 93.9 Å². The first-order valence-electron chi connectivity index (χ1n) is 5.00. The summed E-state index contributed by atoms with van der Waals surface area (Å²) < 4.78 is 1.97. The Morgan fingerprint density at radius 3 is 2.87 bits per heavy atom. The molecule has 0 aliphatic carbocycles. The monoisotopic (exact) mass is 223 g/mol. The van der Waals surface area contributed by atoms with Gasteiger partial charge in [-0.1, -0.05) is 31.5 Å². The molecule has 0 aliphatic heterocycles. The molecule has 1 heterocycles. The highest BCUT2D eigenvalue weighted by molar-refractivity contribution is 6.35. The molecular weight excluding hydrogens is 210 g/mol. The van der Waals surface area contributed by atoms with Gasteiger partial charge >= 0.3 is 0 Å². The Morgan fingerprint density at radius 1 is 1.47 bits per heavy atom. The van der Waals surface area contributed by atoms with Crippen molar-refractivity contribution in [1.82, 2.24) is 9.55 Å². The van der Waals surface area contributed by atoms with Crippen LogP contribution in [0.2, 0.25) is 5.02 Å². The van der Waals surface area contributed by atoms with E-state index in [1.54, 1.807) is 0 Å². The number of benzene rings is 1. The van der Waals surface area contributed by atoms with E-state index in [-0.39, 0.29) is 0 Å². The SMILES string of the molecule is CC(C)Cn1c(N)nc2cccc(Cl)c21. The van der Waals surface area contributed by atoms with Gasteiger partial charge in [-0.3, -0.25) is 0 Å². The lowest BCUT2D eigenvalue weighted by molar-refractivity contribution is 0.538. The molecule has 0 atom stereocenters. The van der Waals surface area contributed by atoms with E-state index in [2.05, 4.69) is 18.8 Å². The van der Waals surface area contributed by atoms with Crippen molar-refractivity contribution < 1.29 is 0 Å². The van der Waals surface area contributed by atoms with Crippen molar-refractivity contribution in [2.75, 3.05) is 5.73 Å². The van der Waals surface area contributed by atoms with Gasteiger partial charge in [0.2, 0.25) is 5.95 Å². The number of imidazole rings is 1. The van der Waals surface area contributed by atoms with Crippen LogP contribution in [0, 0.1) is 5.92 Å². The van der Waals surface area contributed by atoms with Crippen LogP contribution in [0.1, 0.15) is 13.8 Å². The van der Waals surface area contributed by atoms with Crippen LogP contribution in [0.4, 0.5) is 5.95 Å². The fourth-order valence-electron chi connectivity index (χ4n) is 1.71. The van der Waals surface area contributed by atoms with Gasteiger partial charge in [0.1, 0.15) is 0 Å². The highest BCUT2D eigenvalue weighted by Gasteiger charge is 2.11. The number of aromatic nitrogens is 2. The summed E-state index contributed by atoms with van der Waals surface area (Å²) in [5.74, 6) is 1.05. The van der Waals surface area contributed by atoms with E-state index in [4.69, 9.17) is 17.3 Å². The Morgan fingerprint density at radius 2 is 2.20 bits per heavy atom. The van der Waals surface area contributed by atoms with Crippen molar-refractivity contribution in [3.05, 3.63) is 23.2 Å². The van der Waals surface area contributed by atoms with E-state index >= 15 is 0 Å². The maximum absolute atomic E-state index is 6.14. The molecule has 2 rings (SSSR count). The van der Waals surface area contributed by atoms with E-state index in [0.717, 1.165) is 17.6 Å². The van der Waals surface area contributed by atoms with Gasteiger partial charge in [-0.15, -0.1) is 0 Å². The minimum Gasteiger partial charge on any atom is -0.369 e. The summed E-state index contributed by atoms with van der Waals surface area (Å²) in [6, 6.07) is 5.67. The summed E-state index contributed by atoms with van der Waals surface area (Å²) in [6.45, 7) is 5.12. The summed E-state index contributed by atoms with van der Waals surface area (Å²) in [5.41, 5.74) is 7.66. The third-order valence-electron chi connectivity index (χ3n) is 2.29. The van der Waals surface area contributed by atoms with Gasteiger partial charge in [-0.2, -0.15) is 0 Å². The standard InChI is InChI=1S/C11H14ClN3/c1-7(2)6-15-10-8(12)4-3-5-9(10)14-11(15)13/h3-5,7H,6H2,1-2H3,(H2,13,14). The maximum atomic E-state index is 6.14. The van der Waals surface area contributed by atoms with Crippen LogP contribution in [0.5, 0.6) is 0 Å². The van der Waals surface area contributed by atoms with E-state index in [1.807, 2.05) is 22.8 Å². The number of para-hydroxylation sites is 1. The first kappa shape index (κ1) is 10.3. The Hall–Kier alpha value is -1.22. The van der Waals surface area contributed by atoms with Gasteiger partial charge in [-0.25, -0.2) is 4.98 Å². The number of nitrogen functional groups attached to an aromatic ring is 1. The second-order valence-electron chi connectivity index (χ2n) is 4.08. The minimum atomic E-state index is 0.515. The second-order valence-corrected chi connectivity index (χ2v) is 4.49. The Balaban J connectivity index is 2.65. The molecule has 0 amide bonds. The molecular formula is C11H14ClN3. The summed E-state index contributed by atoms with van der Waals surface area (Å²) >= 11 is 6.14. The number of anilines is 1. The van der Waals surface area contributed by atoms with Gasteiger partial charge < -0.3 is 10.3 Å². The van der Waals surface area contributed by atoms with E-state index in [0.29, 0.717) is 16.9 Å². The van der Waals surface area contributed by atoms with Crippen LogP contribution in [0.15, 0.2) is 18.2 Å². The molecule has 0 aliphatic rings. The lowest BCUT2D eigenvalue weighted by Crippen LogP contribution is -2.08. The minimum absolute atomic E-state index is 0.515. The zero-order valence-corrected chi connectivity index (χ0v) is 9.62. The molecule has 1 aromatic heterocycles. The van der Waals surface area contributed by atoms with Crippen molar-refractivity contribution in [2.24, 2.45) is 5.92 Å². The average molecular weight is 224 g/mol. The molecule has 4 heteroatoms. The van der Waals surface area contributed by atoms with Gasteiger partial charge in [0.25, 0.3) is 0 Å². The maximum Gasteiger partial charge on any atom is 0.201 e. The van der Waals surface area contributed by atoms with E-state index in [9.17, 15) is 0 Å². The zero-order valence-electron chi connectivity index (χ0n) is 8.87. The Bertz CT molecular complexity index is 488. The first-order valence-corrected chi connectivity index (χ1v) is 5.37. The molecule has 2 N–H and O–H groups in total. The summed E-state index contributed by atoms with van der Waals surface area (Å²) in [4.78, 5) is 4.28. The lowest BCUT2D eigenvalue weighted by atomic mass is 10.2. The normalized spacial score (nSPS) is 11.5. The molecule has 0 fully saturated rings. The number of nitrogens with zero attached hydrogens (tertiary/aromatic N) is 2. The number of halogens is 1. The van der Waals surface area contributed by atoms with Crippen LogP contribution in [-0.2, 0) is 6.54 Å². The Kier molecular flexibility index (Phi) is 2.57. The number of fused-ring (bicyclic) bond motifs is 1. The lowest BCUT2D eigenvalue weighted by Gasteiger charge is -2.09. The molecule has 0 bridgehead atoms. The third-order valence-corrected chi connectivity index (χ3v) is 2.60. The molecule has 0 saturated carbocycles. The van der Waals surface area contributed by atoms with Gasteiger partial charge in [0.05, 0.1) is 16.1 Å². The van der Waals surface area contributed by atoms with Crippen molar-refractivity contribution >= 4 is 28.6 Å². The number of hydrogen-bond acceptors (Lipinski definition) is 2. The quantitative estimate of drug-likeness (QED) is 0.851. The predicted octanol–water partition coefficient (Wildman–Crippen LogP) is 2.93. The molecule has 0 unspecified atom stereocenters. The van der Waals surface area contributed by atoms with Crippen LogP contribution in [-0.4, -0.2) is 9.55 Å². The molecule has 2 aromatic rings. The molecule has 0 saturated heterocycles. The summed E-state index contributed by atoms with van der Waals surface area (Å²) in [7, 11) is 0. The number of hydrogen-bond donors (Lipinski definition) is 1. The van der Waals surface area contributed by atoms with Crippen molar-refractivity contribution in [2.45, 2.75) is 20.4 Å². The van der Waals surface area contributed by atoms with Gasteiger partial charge in [0, 0.05) is 6.54 Å². The fraction of sp³-hybridized carbons (Fsp3) is 0.364. The van der Waals surface area contributed by atoms with Crippen molar-refractivity contribution in [1.29, 1.82) is 0 Å². The molecule has 3 nitrogen and oxygen atoms in total. The number of rotatable bonds is 2. The highest BCUT2D eigenvalue weighted by atomic mass is 35.5. The van der Waals surface area contributed by atoms with Crippen LogP contribution >= 0.6 is 11.6 Å². The molecule has 15 heavy (non-hydrogen) atoms. The van der Waals surface area contributed by atoms with Crippen LogP contribution < -0.4 is 5.73 Å². The average Bonchev–Trinajstić information content (AvgIpc) is 2.43. The van der Waals surface area contributed by atoms with Crippen LogP contribution in [0.25, 0.3) is 11.0 Å². The first-order chi connectivity index (χ1) is 7.09. The second kappa shape index (κ2) is 3.74. The largest absolute Gasteiger partial charge is 0.369 e. The van der Waals surface area contributed by atoms with Crippen molar-refractivity contribution in [3.63, 3.8) is 0 Å². The molecule has 1 aromatic carbocycles. The molecule has 80 valence electrons. The van der Waals surface area contributed by atoms with Gasteiger partial charge in [0.15, 0.2) is 0 Å². The molecule has 0 radical (unpaired) electrons. The van der Waals surface area contributed by atoms with E-state index < -0.39 is 0 Å². The third kappa shape index (κ3) is 1.79. The topological polar surface area (TPSA) is 43.8 Å². The van der Waals surface area contributed by atoms with E-state index in [1.165, 1.54) is 0 Å². The zero-order chi connectivity index (χ0) is 11.0. The number of nitrogens with two attached hydrogens (primary N) is 1. The van der Waals surface area contributed by atoms with Gasteiger partial charge in [-0.05, 0) is 18.1 Å². The summed E-state index contributed by atoms with van der Waals surface area (Å²) in [6.07, 6.45) is 0. The molecule has 0 spiro atoms. The van der Waals surface area contributed by atoms with Crippen molar-refractivity contribution in [3.8, 4) is 0 Å². The smallest absolute Gasteiger partial charge is 0.201 e. The highest BCUT2D eigenvalue weighted by Crippen LogP contribution is 2.26.